The van der Waals surface area contributed by atoms with Gasteiger partial charge in [0.2, 0.25) is 5.95 Å². The number of hydrogen-bond donors (Lipinski definition) is 1. The molecule has 1 saturated heterocycles. The quantitative estimate of drug-likeness (QED) is 0.253. The number of morpholine rings is 1. The van der Waals surface area contributed by atoms with Gasteiger partial charge in [-0.05, 0) is 57.9 Å². The van der Waals surface area contributed by atoms with Gasteiger partial charge in [0.25, 0.3) is 0 Å². The topological polar surface area (TPSA) is 81.0 Å². The normalized spacial score (nSPS) is 18.1. The summed E-state index contributed by atoms with van der Waals surface area (Å²) in [5.74, 6) is 0.235. The predicted octanol–water partition coefficient (Wildman–Crippen LogP) is 6.58. The fourth-order valence-electron chi connectivity index (χ4n) is 5.51. The van der Waals surface area contributed by atoms with E-state index in [1.165, 1.54) is 6.07 Å². The highest BCUT2D eigenvalue weighted by atomic mass is 19.1. The van der Waals surface area contributed by atoms with Gasteiger partial charge in [-0.15, -0.1) is 0 Å². The third-order valence-corrected chi connectivity index (χ3v) is 7.41. The van der Waals surface area contributed by atoms with E-state index in [-0.39, 0.29) is 28.8 Å². The zero-order chi connectivity index (χ0) is 28.4. The fraction of sp³-hybridized carbons (Fsp3) is 0.467. The Morgan fingerprint density at radius 2 is 1.93 bits per heavy atom. The monoisotopic (exact) mass is 549 g/mol. The number of benzene rings is 1. The lowest BCUT2D eigenvalue weighted by Gasteiger charge is -2.40. The molecule has 0 unspecified atom stereocenters. The van der Waals surface area contributed by atoms with Gasteiger partial charge < -0.3 is 14.6 Å². The van der Waals surface area contributed by atoms with Crippen LogP contribution >= 0.6 is 0 Å². The molecule has 212 valence electrons. The summed E-state index contributed by atoms with van der Waals surface area (Å²) in [6.45, 7) is 13.5. The van der Waals surface area contributed by atoms with Crippen molar-refractivity contribution >= 4 is 22.8 Å². The van der Waals surface area contributed by atoms with Gasteiger partial charge in [0.15, 0.2) is 11.6 Å². The molecular weight excluding hydrogens is 512 g/mol. The summed E-state index contributed by atoms with van der Waals surface area (Å²) in [6.07, 6.45) is 6.28. The Morgan fingerprint density at radius 1 is 1.10 bits per heavy atom. The zero-order valence-corrected chi connectivity index (χ0v) is 23.8. The molecule has 3 aromatic heterocycles. The van der Waals surface area contributed by atoms with Crippen LogP contribution in [0.3, 0.4) is 0 Å². The summed E-state index contributed by atoms with van der Waals surface area (Å²) in [6, 6.07) is 6.92. The van der Waals surface area contributed by atoms with Crippen LogP contribution in [-0.4, -0.2) is 54.7 Å². The van der Waals surface area contributed by atoms with Crippen LogP contribution in [0, 0.1) is 18.6 Å². The molecule has 8 nitrogen and oxygen atoms in total. The minimum Gasteiger partial charge on any atom is -0.373 e. The van der Waals surface area contributed by atoms with Gasteiger partial charge in [-0.2, -0.15) is 0 Å². The second-order valence-electron chi connectivity index (χ2n) is 11.1. The van der Waals surface area contributed by atoms with Gasteiger partial charge >= 0.3 is 0 Å². The highest BCUT2D eigenvalue weighted by Crippen LogP contribution is 2.30. The molecule has 0 saturated carbocycles. The average Bonchev–Trinajstić information content (AvgIpc) is 3.26. The predicted molar refractivity (Wildman–Crippen MR) is 152 cm³/mol. The summed E-state index contributed by atoms with van der Waals surface area (Å²) in [4.78, 5) is 19.7. The van der Waals surface area contributed by atoms with E-state index in [0.717, 1.165) is 57.3 Å². The number of hydrogen-bond acceptors (Lipinski definition) is 7. The van der Waals surface area contributed by atoms with E-state index in [0.29, 0.717) is 22.7 Å². The van der Waals surface area contributed by atoms with Crippen LogP contribution in [0.15, 0.2) is 36.7 Å². The molecule has 1 aliphatic heterocycles. The molecule has 1 aliphatic rings. The van der Waals surface area contributed by atoms with Crippen molar-refractivity contribution in [2.75, 3.05) is 25.0 Å². The molecule has 1 aromatic carbocycles. The number of anilines is 2. The number of rotatable bonds is 9. The maximum atomic E-state index is 15.0. The van der Waals surface area contributed by atoms with Crippen LogP contribution in [0.2, 0.25) is 0 Å². The van der Waals surface area contributed by atoms with Crippen LogP contribution in [0.1, 0.15) is 64.4 Å². The van der Waals surface area contributed by atoms with Crippen molar-refractivity contribution in [3.05, 3.63) is 59.7 Å². The first-order valence-corrected chi connectivity index (χ1v) is 13.9. The number of aryl methyl sites for hydroxylation is 1. The molecule has 1 N–H and O–H groups in total. The maximum Gasteiger partial charge on any atom is 0.229 e. The van der Waals surface area contributed by atoms with E-state index in [2.05, 4.69) is 44.0 Å². The molecule has 0 radical (unpaired) electrons. The highest BCUT2D eigenvalue weighted by Gasteiger charge is 2.31. The van der Waals surface area contributed by atoms with Gasteiger partial charge in [0.1, 0.15) is 22.9 Å². The van der Waals surface area contributed by atoms with E-state index >= 15 is 0 Å². The lowest BCUT2D eigenvalue weighted by molar-refractivity contribution is -0.105. The summed E-state index contributed by atoms with van der Waals surface area (Å²) < 4.78 is 37.9. The number of fused-ring (bicyclic) bond motifs is 1. The second kappa shape index (κ2) is 11.5. The molecule has 0 bridgehead atoms. The van der Waals surface area contributed by atoms with Crippen molar-refractivity contribution in [3.8, 4) is 11.3 Å². The van der Waals surface area contributed by atoms with Crippen molar-refractivity contribution < 1.29 is 13.5 Å². The van der Waals surface area contributed by atoms with Crippen LogP contribution in [0.5, 0.6) is 0 Å². The SMILES string of the molecule is CCCC[C@@]1(C)CN(Cc2ccc(Nc3ncc(F)c(-c4cc(F)c5nc(C)n(C(C)C)c5c4)n3)nc2)CCO1. The number of pyridine rings is 1. The largest absolute Gasteiger partial charge is 0.373 e. The zero-order valence-electron chi connectivity index (χ0n) is 23.8. The summed E-state index contributed by atoms with van der Waals surface area (Å²) in [5.41, 5.74) is 2.15. The van der Waals surface area contributed by atoms with Crippen molar-refractivity contribution in [1.29, 1.82) is 0 Å². The number of imidazole rings is 1. The lowest BCUT2D eigenvalue weighted by Crippen LogP contribution is -2.49. The molecule has 0 aliphatic carbocycles. The Kier molecular flexibility index (Phi) is 8.09. The Balaban J connectivity index is 1.32. The number of nitrogens with one attached hydrogen (secondary N) is 1. The van der Waals surface area contributed by atoms with E-state index in [4.69, 9.17) is 4.74 Å². The average molecular weight is 550 g/mol. The molecule has 4 heterocycles. The first-order chi connectivity index (χ1) is 19.2. The van der Waals surface area contributed by atoms with Crippen LogP contribution < -0.4 is 5.32 Å². The van der Waals surface area contributed by atoms with Crippen molar-refractivity contribution in [2.45, 2.75) is 72.1 Å². The van der Waals surface area contributed by atoms with Gasteiger partial charge in [-0.3, -0.25) is 4.90 Å². The summed E-state index contributed by atoms with van der Waals surface area (Å²) in [5, 5.41) is 3.05. The third-order valence-electron chi connectivity index (χ3n) is 7.41. The third kappa shape index (κ3) is 5.97. The molecule has 10 heteroatoms. The summed E-state index contributed by atoms with van der Waals surface area (Å²) >= 11 is 0. The second-order valence-corrected chi connectivity index (χ2v) is 11.1. The van der Waals surface area contributed by atoms with E-state index in [1.54, 1.807) is 6.07 Å². The molecule has 40 heavy (non-hydrogen) atoms. The number of nitrogens with zero attached hydrogens (tertiary/aromatic N) is 6. The van der Waals surface area contributed by atoms with Gasteiger partial charge in [-0.25, -0.2) is 28.7 Å². The Hall–Kier alpha value is -3.50. The minimum absolute atomic E-state index is 0.00233. The molecule has 1 atom stereocenters. The minimum atomic E-state index is -0.642. The van der Waals surface area contributed by atoms with Crippen molar-refractivity contribution in [2.24, 2.45) is 0 Å². The van der Waals surface area contributed by atoms with Crippen LogP contribution in [0.25, 0.3) is 22.3 Å². The van der Waals surface area contributed by atoms with E-state index in [9.17, 15) is 8.78 Å². The highest BCUT2D eigenvalue weighted by molar-refractivity contribution is 5.83. The van der Waals surface area contributed by atoms with E-state index in [1.807, 2.05) is 43.7 Å². The van der Waals surface area contributed by atoms with Crippen molar-refractivity contribution in [3.63, 3.8) is 0 Å². The molecular formula is C30H37F2N7O. The summed E-state index contributed by atoms with van der Waals surface area (Å²) in [7, 11) is 0. The van der Waals surface area contributed by atoms with Crippen molar-refractivity contribution in [1.82, 2.24) is 29.4 Å². The van der Waals surface area contributed by atoms with Gasteiger partial charge in [-0.1, -0.05) is 25.8 Å². The Morgan fingerprint density at radius 3 is 2.65 bits per heavy atom. The smallest absolute Gasteiger partial charge is 0.229 e. The molecule has 4 aromatic rings. The molecule has 1 fully saturated rings. The standard InChI is InChI=1S/C30H37F2N7O/c1-6-7-10-30(5)18-38(11-12-40-30)17-21-8-9-26(33-15-21)36-29-34-16-24(32)27(37-29)22-13-23(31)28-25(14-22)39(19(2)3)20(4)35-28/h8-9,13-16,19H,6-7,10-12,17-18H2,1-5H3,(H,33,34,36,37)/t30-/m0/s1. The number of aromatic nitrogens is 5. The fourth-order valence-corrected chi connectivity index (χ4v) is 5.51. The number of unbranched alkanes of at least 4 members (excludes halogenated alkanes) is 1. The van der Waals surface area contributed by atoms with Crippen LogP contribution in [-0.2, 0) is 11.3 Å². The number of halogens is 2. The first-order valence-electron chi connectivity index (χ1n) is 13.9. The van der Waals surface area contributed by atoms with Gasteiger partial charge in [0.05, 0.1) is 23.9 Å². The maximum absolute atomic E-state index is 15.0. The lowest BCUT2D eigenvalue weighted by atomic mass is 9.96. The van der Waals surface area contributed by atoms with E-state index < -0.39 is 11.6 Å². The molecule has 0 amide bonds. The van der Waals surface area contributed by atoms with Crippen LogP contribution in [0.4, 0.5) is 20.5 Å². The van der Waals surface area contributed by atoms with Gasteiger partial charge in [0, 0.05) is 37.4 Å². The number of ether oxygens (including phenoxy) is 1. The molecule has 0 spiro atoms. The molecule has 5 rings (SSSR count). The first kappa shape index (κ1) is 28.0. The Labute approximate surface area is 233 Å². The Bertz CT molecular complexity index is 1490.